The van der Waals surface area contributed by atoms with Gasteiger partial charge >= 0.3 is 5.63 Å². The van der Waals surface area contributed by atoms with Crippen LogP contribution in [0.15, 0.2) is 19.7 Å². The van der Waals surface area contributed by atoms with Crippen molar-refractivity contribution in [1.82, 2.24) is 9.80 Å². The zero-order chi connectivity index (χ0) is 21.0. The van der Waals surface area contributed by atoms with Gasteiger partial charge in [-0.15, -0.1) is 0 Å². The van der Waals surface area contributed by atoms with Crippen LogP contribution in [0.1, 0.15) is 40.9 Å². The molecule has 5 rings (SSSR count). The summed E-state index contributed by atoms with van der Waals surface area (Å²) in [5.41, 5.74) is 4.48. The van der Waals surface area contributed by atoms with Gasteiger partial charge in [0.1, 0.15) is 16.9 Å². The van der Waals surface area contributed by atoms with Crippen molar-refractivity contribution in [3.8, 4) is 0 Å². The van der Waals surface area contributed by atoms with E-state index < -0.39 is 5.63 Å². The summed E-state index contributed by atoms with van der Waals surface area (Å²) in [5.74, 6) is 1.07. The minimum absolute atomic E-state index is 0.00339. The Labute approximate surface area is 175 Å². The molecule has 1 aliphatic carbocycles. The SMILES string of the molecule is Cc1c(CC(=O)N2CCN(C)CC2)c(=O)oc2c(C)c3oc4c(c3cc12)CCCC4. The molecular formula is C24H28N2O4. The molecule has 0 saturated carbocycles. The normalized spacial score (nSPS) is 17.6. The number of carbonyl (C=O) groups is 1. The number of amides is 1. The van der Waals surface area contributed by atoms with E-state index in [4.69, 9.17) is 8.83 Å². The molecule has 3 heterocycles. The van der Waals surface area contributed by atoms with Crippen molar-refractivity contribution in [3.05, 3.63) is 44.5 Å². The summed E-state index contributed by atoms with van der Waals surface area (Å²) < 4.78 is 11.9. The Balaban J connectivity index is 1.59. The highest BCUT2D eigenvalue weighted by Crippen LogP contribution is 2.37. The van der Waals surface area contributed by atoms with E-state index in [9.17, 15) is 9.59 Å². The molecule has 2 aliphatic rings. The van der Waals surface area contributed by atoms with Crippen molar-refractivity contribution in [2.75, 3.05) is 33.2 Å². The molecule has 6 heteroatoms. The van der Waals surface area contributed by atoms with Crippen molar-refractivity contribution in [1.29, 1.82) is 0 Å². The zero-order valence-electron chi connectivity index (χ0n) is 18.0. The monoisotopic (exact) mass is 408 g/mol. The van der Waals surface area contributed by atoms with E-state index in [-0.39, 0.29) is 12.3 Å². The first-order valence-corrected chi connectivity index (χ1v) is 10.9. The number of benzene rings is 1. The third-order valence-electron chi connectivity index (χ3n) is 6.91. The van der Waals surface area contributed by atoms with Gasteiger partial charge in [0.15, 0.2) is 0 Å². The van der Waals surface area contributed by atoms with E-state index in [1.54, 1.807) is 0 Å². The van der Waals surface area contributed by atoms with Gasteiger partial charge in [0.05, 0.1) is 12.0 Å². The smallest absolute Gasteiger partial charge is 0.340 e. The molecule has 2 aromatic heterocycles. The number of hydrogen-bond acceptors (Lipinski definition) is 5. The van der Waals surface area contributed by atoms with Crippen LogP contribution in [-0.4, -0.2) is 48.9 Å². The maximum Gasteiger partial charge on any atom is 0.340 e. The molecule has 30 heavy (non-hydrogen) atoms. The van der Waals surface area contributed by atoms with Gasteiger partial charge in [-0.2, -0.15) is 0 Å². The molecule has 0 atom stereocenters. The molecular weight excluding hydrogens is 380 g/mol. The molecule has 0 bridgehead atoms. The number of aryl methyl sites for hydroxylation is 4. The molecule has 1 fully saturated rings. The molecule has 0 unspecified atom stereocenters. The van der Waals surface area contributed by atoms with E-state index in [1.807, 2.05) is 18.7 Å². The van der Waals surface area contributed by atoms with Crippen LogP contribution in [0.5, 0.6) is 0 Å². The zero-order valence-corrected chi connectivity index (χ0v) is 18.0. The minimum Gasteiger partial charge on any atom is -0.460 e. The van der Waals surface area contributed by atoms with E-state index in [1.165, 1.54) is 12.0 Å². The number of likely N-dealkylation sites (N-methyl/N-ethyl adjacent to an activating group) is 1. The summed E-state index contributed by atoms with van der Waals surface area (Å²) in [6, 6.07) is 2.10. The first kappa shape index (κ1) is 19.4. The summed E-state index contributed by atoms with van der Waals surface area (Å²) in [5, 5.41) is 2.04. The lowest BCUT2D eigenvalue weighted by atomic mass is 9.93. The molecule has 1 aliphatic heterocycles. The van der Waals surface area contributed by atoms with Crippen LogP contribution in [0.25, 0.3) is 21.9 Å². The van der Waals surface area contributed by atoms with Crippen molar-refractivity contribution < 1.29 is 13.6 Å². The van der Waals surface area contributed by atoms with E-state index in [0.717, 1.165) is 65.6 Å². The molecule has 1 amide bonds. The maximum atomic E-state index is 12.9. The lowest BCUT2D eigenvalue weighted by Gasteiger charge is -2.32. The second-order valence-corrected chi connectivity index (χ2v) is 8.82. The largest absolute Gasteiger partial charge is 0.460 e. The van der Waals surface area contributed by atoms with Gasteiger partial charge in [0.2, 0.25) is 5.91 Å². The van der Waals surface area contributed by atoms with Gasteiger partial charge in [-0.25, -0.2) is 4.79 Å². The molecule has 6 nitrogen and oxygen atoms in total. The first-order chi connectivity index (χ1) is 14.4. The molecule has 3 aromatic rings. The average molecular weight is 408 g/mol. The molecule has 158 valence electrons. The Hall–Kier alpha value is -2.60. The average Bonchev–Trinajstić information content (AvgIpc) is 3.12. The van der Waals surface area contributed by atoms with Gasteiger partial charge in [-0.3, -0.25) is 4.79 Å². The fourth-order valence-electron chi connectivity index (χ4n) is 4.94. The number of hydrogen-bond donors (Lipinski definition) is 0. The maximum absolute atomic E-state index is 12.9. The predicted octanol–water partition coefficient (Wildman–Crippen LogP) is 3.35. The topological polar surface area (TPSA) is 66.9 Å². The Morgan fingerprint density at radius 3 is 2.43 bits per heavy atom. The fraction of sp³-hybridized carbons (Fsp3) is 0.500. The van der Waals surface area contributed by atoms with Crippen molar-refractivity contribution in [2.24, 2.45) is 0 Å². The number of piperazine rings is 1. The summed E-state index contributed by atoms with van der Waals surface area (Å²) in [4.78, 5) is 29.7. The van der Waals surface area contributed by atoms with Crippen molar-refractivity contribution >= 4 is 27.8 Å². The number of furan rings is 1. The van der Waals surface area contributed by atoms with Gasteiger partial charge in [0, 0.05) is 54.5 Å². The molecule has 1 saturated heterocycles. The quantitative estimate of drug-likeness (QED) is 0.609. The summed E-state index contributed by atoms with van der Waals surface area (Å²) in [6.07, 6.45) is 4.41. The van der Waals surface area contributed by atoms with E-state index in [2.05, 4.69) is 18.0 Å². The second kappa shape index (κ2) is 7.27. The van der Waals surface area contributed by atoms with Crippen LogP contribution in [0.4, 0.5) is 0 Å². The van der Waals surface area contributed by atoms with Crippen LogP contribution in [-0.2, 0) is 24.1 Å². The number of fused-ring (bicyclic) bond motifs is 4. The van der Waals surface area contributed by atoms with Gasteiger partial charge in [-0.05, 0) is 51.8 Å². The minimum atomic E-state index is -0.416. The van der Waals surface area contributed by atoms with Crippen LogP contribution in [0, 0.1) is 13.8 Å². The molecule has 0 spiro atoms. The predicted molar refractivity (Wildman–Crippen MR) is 116 cm³/mol. The van der Waals surface area contributed by atoms with E-state index in [0.29, 0.717) is 24.2 Å². The van der Waals surface area contributed by atoms with Gasteiger partial charge < -0.3 is 18.6 Å². The highest BCUT2D eigenvalue weighted by Gasteiger charge is 2.25. The first-order valence-electron chi connectivity index (χ1n) is 10.9. The summed E-state index contributed by atoms with van der Waals surface area (Å²) in [6.45, 7) is 7.02. The van der Waals surface area contributed by atoms with Crippen LogP contribution in [0.3, 0.4) is 0 Å². The number of rotatable bonds is 2. The van der Waals surface area contributed by atoms with Crippen LogP contribution >= 0.6 is 0 Å². The Bertz CT molecular complexity index is 1210. The van der Waals surface area contributed by atoms with Gasteiger partial charge in [0.25, 0.3) is 0 Å². The van der Waals surface area contributed by atoms with E-state index >= 15 is 0 Å². The molecule has 1 aromatic carbocycles. The summed E-state index contributed by atoms with van der Waals surface area (Å²) >= 11 is 0. The highest BCUT2D eigenvalue weighted by atomic mass is 16.4. The Morgan fingerprint density at radius 2 is 1.67 bits per heavy atom. The lowest BCUT2D eigenvalue weighted by Crippen LogP contribution is -2.47. The van der Waals surface area contributed by atoms with Crippen LogP contribution < -0.4 is 5.63 Å². The standard InChI is InChI=1S/C24H28N2O4/c1-14-17-12-19-16-6-4-5-7-20(16)29-23(19)15(2)22(17)30-24(28)18(14)13-21(27)26-10-8-25(3)9-11-26/h12H,4-11,13H2,1-3H3. The Morgan fingerprint density at radius 1 is 0.967 bits per heavy atom. The summed E-state index contributed by atoms with van der Waals surface area (Å²) in [7, 11) is 2.06. The number of nitrogens with zero attached hydrogens (tertiary/aromatic N) is 2. The van der Waals surface area contributed by atoms with Crippen LogP contribution in [0.2, 0.25) is 0 Å². The molecule has 0 radical (unpaired) electrons. The molecule has 0 N–H and O–H groups in total. The van der Waals surface area contributed by atoms with Crippen molar-refractivity contribution in [2.45, 2.75) is 46.0 Å². The third kappa shape index (κ3) is 3.05. The lowest BCUT2D eigenvalue weighted by molar-refractivity contribution is -0.132. The van der Waals surface area contributed by atoms with Gasteiger partial charge in [-0.1, -0.05) is 0 Å². The third-order valence-corrected chi connectivity index (χ3v) is 6.91. The van der Waals surface area contributed by atoms with Crippen molar-refractivity contribution in [3.63, 3.8) is 0 Å². The highest BCUT2D eigenvalue weighted by molar-refractivity contribution is 6.00. The second-order valence-electron chi connectivity index (χ2n) is 8.82. The Kier molecular flexibility index (Phi) is 4.69. The number of carbonyl (C=O) groups excluding carboxylic acids is 1. The fourth-order valence-corrected chi connectivity index (χ4v) is 4.94.